The maximum Gasteiger partial charge on any atom is -0.00434 e. The Hall–Kier alpha value is -0.0400. The molecule has 4 aliphatic carbocycles. The van der Waals surface area contributed by atoms with Crippen molar-refractivity contribution in [3.05, 3.63) is 0 Å². The van der Waals surface area contributed by atoms with Crippen molar-refractivity contribution in [3.63, 3.8) is 0 Å². The number of nitrogens with two attached hydrogens (primary N) is 1. The van der Waals surface area contributed by atoms with Gasteiger partial charge in [-0.3, -0.25) is 0 Å². The Morgan fingerprint density at radius 3 is 1.82 bits per heavy atom. The van der Waals surface area contributed by atoms with E-state index < -0.39 is 0 Å². The summed E-state index contributed by atoms with van der Waals surface area (Å²) in [5.41, 5.74) is 6.82. The van der Waals surface area contributed by atoms with Crippen molar-refractivity contribution < 1.29 is 0 Å². The Labute approximate surface area is 107 Å². The number of rotatable bonds is 4. The highest BCUT2D eigenvalue weighted by atomic mass is 14.6. The normalized spacial score (nSPS) is 45.5. The number of hydrogen-bond acceptors (Lipinski definition) is 1. The van der Waals surface area contributed by atoms with Crippen LogP contribution in [0.5, 0.6) is 0 Å². The zero-order valence-corrected chi connectivity index (χ0v) is 11.6. The van der Waals surface area contributed by atoms with E-state index in [0.29, 0.717) is 5.41 Å². The number of hydrogen-bond donors (Lipinski definition) is 1. The van der Waals surface area contributed by atoms with Crippen LogP contribution in [0.4, 0.5) is 0 Å². The molecule has 4 rings (SSSR count). The van der Waals surface area contributed by atoms with E-state index >= 15 is 0 Å². The molecular formula is C16H29N. The predicted molar refractivity (Wildman–Crippen MR) is 72.6 cm³/mol. The van der Waals surface area contributed by atoms with Gasteiger partial charge < -0.3 is 5.73 Å². The molecule has 0 amide bonds. The maximum atomic E-state index is 6.14. The average molecular weight is 235 g/mol. The molecule has 98 valence electrons. The topological polar surface area (TPSA) is 26.0 Å². The fourth-order valence-electron chi connectivity index (χ4n) is 5.84. The van der Waals surface area contributed by atoms with Gasteiger partial charge in [0.15, 0.2) is 0 Å². The minimum absolute atomic E-state index is 0.674. The van der Waals surface area contributed by atoms with E-state index in [1.165, 1.54) is 25.7 Å². The Kier molecular flexibility index (Phi) is 3.01. The van der Waals surface area contributed by atoms with Gasteiger partial charge >= 0.3 is 0 Å². The van der Waals surface area contributed by atoms with E-state index in [4.69, 9.17) is 5.73 Å². The molecule has 2 N–H and O–H groups in total. The van der Waals surface area contributed by atoms with Crippen LogP contribution in [0, 0.1) is 35.0 Å². The highest BCUT2D eigenvalue weighted by Crippen LogP contribution is 2.63. The molecule has 0 heterocycles. The molecule has 1 heteroatoms. The van der Waals surface area contributed by atoms with Gasteiger partial charge in [0.2, 0.25) is 0 Å². The molecule has 4 saturated carbocycles. The monoisotopic (exact) mass is 235 g/mol. The molecule has 0 aromatic carbocycles. The summed E-state index contributed by atoms with van der Waals surface area (Å²) in [5, 5.41) is 0. The zero-order chi connectivity index (χ0) is 12.0. The van der Waals surface area contributed by atoms with Crippen LogP contribution < -0.4 is 5.73 Å². The van der Waals surface area contributed by atoms with E-state index in [1.807, 2.05) is 0 Å². The summed E-state index contributed by atoms with van der Waals surface area (Å²) in [6.45, 7) is 5.66. The first-order chi connectivity index (χ1) is 8.11. The molecule has 4 fully saturated rings. The van der Waals surface area contributed by atoms with E-state index in [9.17, 15) is 0 Å². The second-order valence-corrected chi connectivity index (χ2v) is 7.84. The van der Waals surface area contributed by atoms with Crippen LogP contribution in [0.1, 0.15) is 58.8 Å². The van der Waals surface area contributed by atoms with E-state index in [1.54, 1.807) is 19.3 Å². The van der Waals surface area contributed by atoms with Crippen molar-refractivity contribution in [3.8, 4) is 0 Å². The lowest BCUT2D eigenvalue weighted by Crippen LogP contribution is -2.51. The Balaban J connectivity index is 1.80. The smallest absolute Gasteiger partial charge is 0.00434 e. The van der Waals surface area contributed by atoms with Gasteiger partial charge in [-0.05, 0) is 86.5 Å². The van der Waals surface area contributed by atoms with Gasteiger partial charge in [0.05, 0.1) is 0 Å². The van der Waals surface area contributed by atoms with Gasteiger partial charge in [0.1, 0.15) is 0 Å². The summed E-state index contributed by atoms with van der Waals surface area (Å²) in [7, 11) is 0. The molecule has 0 aromatic heterocycles. The molecule has 0 aliphatic heterocycles. The lowest BCUT2D eigenvalue weighted by molar-refractivity contribution is -0.0891. The Bertz CT molecular complexity index is 246. The maximum absolute atomic E-state index is 6.14. The molecule has 0 saturated heterocycles. The summed E-state index contributed by atoms with van der Waals surface area (Å²) in [6.07, 6.45) is 10.6. The highest BCUT2D eigenvalue weighted by molar-refractivity contribution is 5.04. The second kappa shape index (κ2) is 4.26. The average Bonchev–Trinajstić information content (AvgIpc) is 2.23. The molecular weight excluding hydrogens is 206 g/mol. The SMILES string of the molecule is CC(C)CC(CN)C12CC3CC(CC(C3)C1)C2. The fourth-order valence-corrected chi connectivity index (χ4v) is 5.84. The molecule has 0 spiro atoms. The minimum Gasteiger partial charge on any atom is -0.330 e. The molecule has 17 heavy (non-hydrogen) atoms. The first kappa shape index (κ1) is 12.0. The molecule has 0 radical (unpaired) electrons. The zero-order valence-electron chi connectivity index (χ0n) is 11.6. The summed E-state index contributed by atoms with van der Waals surface area (Å²) >= 11 is 0. The minimum atomic E-state index is 0.674. The van der Waals surface area contributed by atoms with Crippen LogP contribution >= 0.6 is 0 Å². The first-order valence-corrected chi connectivity index (χ1v) is 7.81. The molecule has 0 aromatic rings. The largest absolute Gasteiger partial charge is 0.330 e. The van der Waals surface area contributed by atoms with Crippen molar-refractivity contribution >= 4 is 0 Å². The first-order valence-electron chi connectivity index (χ1n) is 7.81. The Morgan fingerprint density at radius 2 is 1.47 bits per heavy atom. The lowest BCUT2D eigenvalue weighted by atomic mass is 9.46. The van der Waals surface area contributed by atoms with Crippen LogP contribution in [0.15, 0.2) is 0 Å². The van der Waals surface area contributed by atoms with Gasteiger partial charge in [0, 0.05) is 0 Å². The van der Waals surface area contributed by atoms with E-state index in [2.05, 4.69) is 13.8 Å². The quantitative estimate of drug-likeness (QED) is 0.787. The fraction of sp³-hybridized carbons (Fsp3) is 1.00. The van der Waals surface area contributed by atoms with Gasteiger partial charge in [0.25, 0.3) is 0 Å². The standard InChI is InChI=1S/C16H29N/c1-11(2)3-15(10-17)16-7-12-4-13(8-16)6-14(5-12)9-16/h11-15H,3-10,17H2,1-2H3. The Morgan fingerprint density at radius 1 is 1.00 bits per heavy atom. The van der Waals surface area contributed by atoms with Gasteiger partial charge in [-0.25, -0.2) is 0 Å². The second-order valence-electron chi connectivity index (χ2n) is 7.84. The van der Waals surface area contributed by atoms with Crippen LogP contribution in [0.25, 0.3) is 0 Å². The third kappa shape index (κ3) is 2.05. The molecule has 1 unspecified atom stereocenters. The summed E-state index contributed by atoms with van der Waals surface area (Å²) in [6, 6.07) is 0. The molecule has 1 nitrogen and oxygen atoms in total. The highest BCUT2D eigenvalue weighted by Gasteiger charge is 2.53. The van der Waals surface area contributed by atoms with Crippen molar-refractivity contribution in [2.75, 3.05) is 6.54 Å². The van der Waals surface area contributed by atoms with Crippen LogP contribution in [0.2, 0.25) is 0 Å². The van der Waals surface area contributed by atoms with E-state index in [0.717, 1.165) is 36.1 Å². The third-order valence-electron chi connectivity index (χ3n) is 5.99. The van der Waals surface area contributed by atoms with Crippen LogP contribution in [0.3, 0.4) is 0 Å². The molecule has 1 atom stereocenters. The molecule has 4 aliphatic rings. The third-order valence-corrected chi connectivity index (χ3v) is 5.99. The van der Waals surface area contributed by atoms with Crippen molar-refractivity contribution in [1.29, 1.82) is 0 Å². The van der Waals surface area contributed by atoms with Gasteiger partial charge in [-0.15, -0.1) is 0 Å². The van der Waals surface area contributed by atoms with Crippen molar-refractivity contribution in [2.45, 2.75) is 58.8 Å². The van der Waals surface area contributed by atoms with E-state index in [-0.39, 0.29) is 0 Å². The summed E-state index contributed by atoms with van der Waals surface area (Å²) < 4.78 is 0. The van der Waals surface area contributed by atoms with Crippen LogP contribution in [-0.2, 0) is 0 Å². The lowest BCUT2D eigenvalue weighted by Gasteiger charge is -2.60. The predicted octanol–water partition coefficient (Wildman–Crippen LogP) is 3.82. The summed E-state index contributed by atoms with van der Waals surface area (Å²) in [5.74, 6) is 4.85. The van der Waals surface area contributed by atoms with Gasteiger partial charge in [-0.2, -0.15) is 0 Å². The summed E-state index contributed by atoms with van der Waals surface area (Å²) in [4.78, 5) is 0. The molecule has 4 bridgehead atoms. The van der Waals surface area contributed by atoms with Crippen LogP contribution in [-0.4, -0.2) is 6.54 Å². The van der Waals surface area contributed by atoms with Crippen molar-refractivity contribution in [1.82, 2.24) is 0 Å². The van der Waals surface area contributed by atoms with Crippen molar-refractivity contribution in [2.24, 2.45) is 40.7 Å². The van der Waals surface area contributed by atoms with Gasteiger partial charge in [-0.1, -0.05) is 13.8 Å².